The molecule has 0 atom stereocenters. The van der Waals surface area contributed by atoms with Crippen molar-refractivity contribution in [2.75, 3.05) is 18.5 Å². The number of imidazole rings is 1. The van der Waals surface area contributed by atoms with Gasteiger partial charge in [-0.3, -0.25) is 0 Å². The summed E-state index contributed by atoms with van der Waals surface area (Å²) in [5.74, 6) is 0.895. The van der Waals surface area contributed by atoms with Crippen molar-refractivity contribution in [1.82, 2.24) is 9.55 Å². The van der Waals surface area contributed by atoms with Gasteiger partial charge < -0.3 is 14.6 Å². The molecule has 1 aromatic carbocycles. The van der Waals surface area contributed by atoms with Crippen molar-refractivity contribution in [3.8, 4) is 5.75 Å². The summed E-state index contributed by atoms with van der Waals surface area (Å²) in [4.78, 5) is 3.98. The van der Waals surface area contributed by atoms with Gasteiger partial charge in [0.05, 0.1) is 12.9 Å². The minimum atomic E-state index is 0.650. The molecule has 2 rings (SSSR count). The van der Waals surface area contributed by atoms with Gasteiger partial charge in [0.15, 0.2) is 0 Å². The van der Waals surface area contributed by atoms with Gasteiger partial charge in [0.2, 0.25) is 0 Å². The van der Waals surface area contributed by atoms with Gasteiger partial charge in [-0.1, -0.05) is 0 Å². The van der Waals surface area contributed by atoms with Crippen molar-refractivity contribution in [3.63, 3.8) is 0 Å². The predicted octanol–water partition coefficient (Wildman–Crippen LogP) is 2.39. The Kier molecular flexibility index (Phi) is 4.02. The number of ether oxygens (including phenoxy) is 1. The Balaban J connectivity index is 1.79. The molecule has 0 fully saturated rings. The first-order valence-electron chi connectivity index (χ1n) is 5.81. The zero-order valence-corrected chi connectivity index (χ0v) is 9.97. The average Bonchev–Trinajstić information content (AvgIpc) is 2.85. The van der Waals surface area contributed by atoms with Crippen LogP contribution in [0.1, 0.15) is 6.92 Å². The third kappa shape index (κ3) is 3.52. The fourth-order valence-electron chi connectivity index (χ4n) is 1.56. The molecule has 1 heterocycles. The molecule has 0 spiro atoms. The van der Waals surface area contributed by atoms with Gasteiger partial charge in [0, 0.05) is 24.6 Å². The van der Waals surface area contributed by atoms with Crippen LogP contribution in [0.25, 0.3) is 0 Å². The molecule has 0 saturated heterocycles. The molecule has 4 nitrogen and oxygen atoms in total. The van der Waals surface area contributed by atoms with E-state index in [0.29, 0.717) is 6.61 Å². The van der Waals surface area contributed by atoms with Crippen molar-refractivity contribution in [2.24, 2.45) is 0 Å². The number of benzene rings is 1. The van der Waals surface area contributed by atoms with E-state index in [1.165, 1.54) is 0 Å². The third-order valence-corrected chi connectivity index (χ3v) is 2.41. The quantitative estimate of drug-likeness (QED) is 0.829. The molecule has 1 aromatic heterocycles. The SMILES string of the molecule is CCNc1ccc(OCCn2ccnc2)cc1. The first kappa shape index (κ1) is 11.5. The Morgan fingerprint density at radius 1 is 1.29 bits per heavy atom. The number of hydrogen-bond donors (Lipinski definition) is 1. The highest BCUT2D eigenvalue weighted by Gasteiger charge is 1.95. The standard InChI is InChI=1S/C13H17N3O/c1-2-15-12-3-5-13(6-4-12)17-10-9-16-8-7-14-11-16/h3-8,11,15H,2,9-10H2,1H3. The first-order chi connectivity index (χ1) is 8.38. The van der Waals surface area contributed by atoms with E-state index in [2.05, 4.69) is 17.2 Å². The molecule has 90 valence electrons. The molecule has 0 saturated carbocycles. The Labute approximate surface area is 101 Å². The van der Waals surface area contributed by atoms with Gasteiger partial charge in [0.25, 0.3) is 0 Å². The van der Waals surface area contributed by atoms with Crippen LogP contribution in [0.2, 0.25) is 0 Å². The molecule has 0 aliphatic carbocycles. The van der Waals surface area contributed by atoms with Gasteiger partial charge in [-0.15, -0.1) is 0 Å². The molecule has 4 heteroatoms. The summed E-state index contributed by atoms with van der Waals surface area (Å²) >= 11 is 0. The fourth-order valence-corrected chi connectivity index (χ4v) is 1.56. The van der Waals surface area contributed by atoms with Crippen molar-refractivity contribution in [3.05, 3.63) is 43.0 Å². The lowest BCUT2D eigenvalue weighted by Gasteiger charge is -2.08. The highest BCUT2D eigenvalue weighted by atomic mass is 16.5. The third-order valence-electron chi connectivity index (χ3n) is 2.41. The summed E-state index contributed by atoms with van der Waals surface area (Å²) in [7, 11) is 0. The van der Waals surface area contributed by atoms with Crippen molar-refractivity contribution >= 4 is 5.69 Å². The lowest BCUT2D eigenvalue weighted by atomic mass is 10.3. The van der Waals surface area contributed by atoms with Gasteiger partial charge in [-0.25, -0.2) is 4.98 Å². The van der Waals surface area contributed by atoms with E-state index in [9.17, 15) is 0 Å². The predicted molar refractivity (Wildman–Crippen MR) is 68.3 cm³/mol. The summed E-state index contributed by atoms with van der Waals surface area (Å²) in [6.45, 7) is 4.47. The van der Waals surface area contributed by atoms with E-state index in [-0.39, 0.29) is 0 Å². The molecule has 17 heavy (non-hydrogen) atoms. The summed E-state index contributed by atoms with van der Waals surface area (Å²) in [6, 6.07) is 8.00. The number of hydrogen-bond acceptors (Lipinski definition) is 3. The highest BCUT2D eigenvalue weighted by Crippen LogP contribution is 2.15. The van der Waals surface area contributed by atoms with Crippen molar-refractivity contribution < 1.29 is 4.74 Å². The summed E-state index contributed by atoms with van der Waals surface area (Å²) in [6.07, 6.45) is 5.49. The zero-order chi connectivity index (χ0) is 11.9. The molecule has 0 unspecified atom stereocenters. The van der Waals surface area contributed by atoms with Crippen LogP contribution in [-0.4, -0.2) is 22.7 Å². The van der Waals surface area contributed by atoms with Gasteiger partial charge in [-0.05, 0) is 31.2 Å². The van der Waals surface area contributed by atoms with Gasteiger partial charge >= 0.3 is 0 Å². The van der Waals surface area contributed by atoms with Crippen LogP contribution in [0.4, 0.5) is 5.69 Å². The number of rotatable bonds is 6. The van der Waals surface area contributed by atoms with Gasteiger partial charge in [-0.2, -0.15) is 0 Å². The maximum absolute atomic E-state index is 5.64. The normalized spacial score (nSPS) is 10.2. The molecule has 0 radical (unpaired) electrons. The lowest BCUT2D eigenvalue weighted by Crippen LogP contribution is -2.06. The molecule has 0 bridgehead atoms. The fraction of sp³-hybridized carbons (Fsp3) is 0.308. The monoisotopic (exact) mass is 231 g/mol. The smallest absolute Gasteiger partial charge is 0.119 e. The molecular weight excluding hydrogens is 214 g/mol. The topological polar surface area (TPSA) is 39.1 Å². The van der Waals surface area contributed by atoms with E-state index in [4.69, 9.17) is 4.74 Å². The molecule has 2 aromatic rings. The van der Waals surface area contributed by atoms with Crippen LogP contribution in [0.3, 0.4) is 0 Å². The van der Waals surface area contributed by atoms with E-state index < -0.39 is 0 Å². The molecule has 0 amide bonds. The second-order valence-electron chi connectivity index (χ2n) is 3.70. The Hall–Kier alpha value is -1.97. The number of nitrogens with one attached hydrogen (secondary N) is 1. The van der Waals surface area contributed by atoms with Crippen LogP contribution in [0.15, 0.2) is 43.0 Å². The average molecular weight is 231 g/mol. The zero-order valence-electron chi connectivity index (χ0n) is 9.97. The summed E-state index contributed by atoms with van der Waals surface area (Å²) in [5.41, 5.74) is 1.12. The van der Waals surface area contributed by atoms with E-state index in [1.807, 2.05) is 35.0 Å². The van der Waals surface area contributed by atoms with Crippen LogP contribution < -0.4 is 10.1 Å². The van der Waals surface area contributed by atoms with E-state index in [0.717, 1.165) is 24.5 Å². The second-order valence-corrected chi connectivity index (χ2v) is 3.70. The van der Waals surface area contributed by atoms with E-state index >= 15 is 0 Å². The Morgan fingerprint density at radius 2 is 2.12 bits per heavy atom. The Morgan fingerprint density at radius 3 is 2.76 bits per heavy atom. The van der Waals surface area contributed by atoms with Crippen LogP contribution in [0.5, 0.6) is 5.75 Å². The summed E-state index contributed by atoms with van der Waals surface area (Å²) in [5, 5.41) is 3.25. The number of aromatic nitrogens is 2. The minimum Gasteiger partial charge on any atom is -0.492 e. The Bertz CT molecular complexity index is 422. The number of nitrogens with zero attached hydrogens (tertiary/aromatic N) is 2. The van der Waals surface area contributed by atoms with Gasteiger partial charge in [0.1, 0.15) is 12.4 Å². The second kappa shape index (κ2) is 5.94. The molecule has 0 aliphatic heterocycles. The number of anilines is 1. The van der Waals surface area contributed by atoms with Crippen LogP contribution in [0, 0.1) is 0 Å². The van der Waals surface area contributed by atoms with Crippen LogP contribution >= 0.6 is 0 Å². The molecule has 1 N–H and O–H groups in total. The van der Waals surface area contributed by atoms with E-state index in [1.54, 1.807) is 12.5 Å². The largest absolute Gasteiger partial charge is 0.492 e. The van der Waals surface area contributed by atoms with Crippen molar-refractivity contribution in [2.45, 2.75) is 13.5 Å². The summed E-state index contributed by atoms with van der Waals surface area (Å²) < 4.78 is 7.63. The maximum atomic E-state index is 5.64. The van der Waals surface area contributed by atoms with Crippen LogP contribution in [-0.2, 0) is 6.54 Å². The lowest BCUT2D eigenvalue weighted by molar-refractivity contribution is 0.298. The molecular formula is C13H17N3O. The first-order valence-corrected chi connectivity index (χ1v) is 5.81. The minimum absolute atomic E-state index is 0.650. The maximum Gasteiger partial charge on any atom is 0.119 e. The molecule has 0 aliphatic rings. The highest BCUT2D eigenvalue weighted by molar-refractivity contribution is 5.46. The van der Waals surface area contributed by atoms with Crippen molar-refractivity contribution in [1.29, 1.82) is 0 Å².